The molecule has 1 aliphatic rings. The minimum absolute atomic E-state index is 0.0955. The highest BCUT2D eigenvalue weighted by Crippen LogP contribution is 2.36. The third-order valence-electron chi connectivity index (χ3n) is 6.13. The minimum Gasteiger partial charge on any atom is -0.408 e. The first-order valence-electron chi connectivity index (χ1n) is 12.0. The van der Waals surface area contributed by atoms with E-state index in [1.807, 2.05) is 13.8 Å². The zero-order valence-electron chi connectivity index (χ0n) is 20.7. The average molecular weight is 483 g/mol. The van der Waals surface area contributed by atoms with Crippen LogP contribution in [0.1, 0.15) is 90.1 Å². The standard InChI is InChI=1S/C25H34N6O2S/c1-16(2)22-28-29-23(33-22)26-20(32)15-34-24-30-27-21(31(24)19-9-7-6-8-10-19)17-11-13-18(14-12-17)25(3,4)5/h11-14,16,19H,6-10,15H2,1-5H3,(H,26,29,32). The molecule has 0 radical (unpaired) electrons. The van der Waals surface area contributed by atoms with Crippen molar-refractivity contribution in [3.8, 4) is 11.4 Å². The molecule has 0 atom stereocenters. The summed E-state index contributed by atoms with van der Waals surface area (Å²) < 4.78 is 7.73. The largest absolute Gasteiger partial charge is 0.408 e. The van der Waals surface area contributed by atoms with Crippen molar-refractivity contribution in [2.75, 3.05) is 11.1 Å². The number of carbonyl (C=O) groups excluding carboxylic acids is 1. The van der Waals surface area contributed by atoms with Gasteiger partial charge in [-0.25, -0.2) is 0 Å². The molecule has 2 aromatic heterocycles. The second kappa shape index (κ2) is 10.3. The molecule has 1 N–H and O–H groups in total. The van der Waals surface area contributed by atoms with Crippen molar-refractivity contribution in [1.82, 2.24) is 25.0 Å². The first-order chi connectivity index (χ1) is 16.2. The van der Waals surface area contributed by atoms with Crippen LogP contribution in [0.2, 0.25) is 0 Å². The number of nitrogens with one attached hydrogen (secondary N) is 1. The molecular weight excluding hydrogens is 448 g/mol. The van der Waals surface area contributed by atoms with E-state index in [0.29, 0.717) is 11.9 Å². The Labute approximate surface area is 205 Å². The lowest BCUT2D eigenvalue weighted by molar-refractivity contribution is -0.113. The summed E-state index contributed by atoms with van der Waals surface area (Å²) in [6, 6.07) is 9.08. The fourth-order valence-corrected chi connectivity index (χ4v) is 4.97. The number of hydrogen-bond donors (Lipinski definition) is 1. The summed E-state index contributed by atoms with van der Waals surface area (Å²) in [5, 5.41) is 20.4. The van der Waals surface area contributed by atoms with Crippen molar-refractivity contribution in [2.45, 2.75) is 89.3 Å². The summed E-state index contributed by atoms with van der Waals surface area (Å²) in [4.78, 5) is 12.5. The highest BCUT2D eigenvalue weighted by molar-refractivity contribution is 7.99. The third kappa shape index (κ3) is 5.68. The molecule has 0 saturated heterocycles. The fraction of sp³-hybridized carbons (Fsp3) is 0.560. The Hall–Kier alpha value is -2.68. The molecule has 182 valence electrons. The van der Waals surface area contributed by atoms with Crippen LogP contribution < -0.4 is 5.32 Å². The molecule has 4 rings (SSSR count). The maximum atomic E-state index is 12.5. The van der Waals surface area contributed by atoms with Crippen LogP contribution in [0.3, 0.4) is 0 Å². The number of nitrogens with zero attached hydrogens (tertiary/aromatic N) is 5. The molecule has 1 amide bonds. The van der Waals surface area contributed by atoms with E-state index in [4.69, 9.17) is 4.42 Å². The van der Waals surface area contributed by atoms with E-state index in [1.165, 1.54) is 36.6 Å². The summed E-state index contributed by atoms with van der Waals surface area (Å²) in [5.41, 5.74) is 2.43. The SMILES string of the molecule is CC(C)c1nnc(NC(=O)CSc2nnc(-c3ccc(C(C)(C)C)cc3)n2C2CCCCC2)o1. The van der Waals surface area contributed by atoms with Gasteiger partial charge >= 0.3 is 6.01 Å². The summed E-state index contributed by atoms with van der Waals surface area (Å²) in [6.07, 6.45) is 5.87. The predicted molar refractivity (Wildman–Crippen MR) is 134 cm³/mol. The van der Waals surface area contributed by atoms with Crippen molar-refractivity contribution in [3.05, 3.63) is 35.7 Å². The van der Waals surface area contributed by atoms with Gasteiger partial charge in [0.2, 0.25) is 11.8 Å². The van der Waals surface area contributed by atoms with Crippen LogP contribution >= 0.6 is 11.8 Å². The van der Waals surface area contributed by atoms with Gasteiger partial charge in [-0.15, -0.1) is 15.3 Å². The zero-order valence-corrected chi connectivity index (χ0v) is 21.5. The smallest absolute Gasteiger partial charge is 0.322 e. The number of rotatable bonds is 7. The molecule has 3 aromatic rings. The van der Waals surface area contributed by atoms with Gasteiger partial charge in [-0.1, -0.05) is 95.0 Å². The molecule has 1 aromatic carbocycles. The molecule has 0 bridgehead atoms. The van der Waals surface area contributed by atoms with Crippen molar-refractivity contribution in [3.63, 3.8) is 0 Å². The molecule has 0 unspecified atom stereocenters. The number of hydrogen-bond acceptors (Lipinski definition) is 7. The van der Waals surface area contributed by atoms with E-state index in [9.17, 15) is 4.79 Å². The maximum Gasteiger partial charge on any atom is 0.322 e. The molecule has 8 nitrogen and oxygen atoms in total. The Morgan fingerprint density at radius 1 is 1.09 bits per heavy atom. The zero-order chi connectivity index (χ0) is 24.3. The van der Waals surface area contributed by atoms with Gasteiger partial charge in [-0.3, -0.25) is 14.7 Å². The lowest BCUT2D eigenvalue weighted by atomic mass is 9.86. The van der Waals surface area contributed by atoms with E-state index < -0.39 is 0 Å². The molecule has 0 aliphatic heterocycles. The lowest BCUT2D eigenvalue weighted by Gasteiger charge is -2.26. The predicted octanol–water partition coefficient (Wildman–Crippen LogP) is 5.99. The normalized spacial score (nSPS) is 15.1. The Morgan fingerprint density at radius 2 is 1.79 bits per heavy atom. The number of aromatic nitrogens is 5. The van der Waals surface area contributed by atoms with Gasteiger partial charge in [0, 0.05) is 17.5 Å². The molecule has 9 heteroatoms. The fourth-order valence-electron chi connectivity index (χ4n) is 4.16. The maximum absolute atomic E-state index is 12.5. The monoisotopic (exact) mass is 482 g/mol. The molecule has 0 spiro atoms. The number of carbonyl (C=O) groups is 1. The van der Waals surface area contributed by atoms with Crippen LogP contribution in [-0.4, -0.2) is 36.6 Å². The van der Waals surface area contributed by atoms with Crippen molar-refractivity contribution in [1.29, 1.82) is 0 Å². The van der Waals surface area contributed by atoms with Gasteiger partial charge in [-0.2, -0.15) is 0 Å². The van der Waals surface area contributed by atoms with Gasteiger partial charge in [0.05, 0.1) is 5.75 Å². The van der Waals surface area contributed by atoms with E-state index in [-0.39, 0.29) is 29.0 Å². The van der Waals surface area contributed by atoms with Gasteiger partial charge in [0.1, 0.15) is 0 Å². The van der Waals surface area contributed by atoms with Gasteiger partial charge in [0.25, 0.3) is 0 Å². The van der Waals surface area contributed by atoms with Crippen LogP contribution in [-0.2, 0) is 10.2 Å². The van der Waals surface area contributed by atoms with Crippen LogP contribution in [0, 0.1) is 0 Å². The summed E-state index contributed by atoms with van der Waals surface area (Å²) in [5.74, 6) is 1.46. The van der Waals surface area contributed by atoms with Crippen LogP contribution in [0.25, 0.3) is 11.4 Å². The minimum atomic E-state index is -0.210. The number of anilines is 1. The van der Waals surface area contributed by atoms with Gasteiger partial charge in [0.15, 0.2) is 11.0 Å². The average Bonchev–Trinajstić information content (AvgIpc) is 3.45. The Balaban J connectivity index is 1.52. The molecule has 1 fully saturated rings. The number of benzene rings is 1. The van der Waals surface area contributed by atoms with Gasteiger partial charge in [-0.05, 0) is 23.8 Å². The van der Waals surface area contributed by atoms with Crippen LogP contribution in [0.5, 0.6) is 0 Å². The quantitative estimate of drug-likeness (QED) is 0.413. The second-order valence-electron chi connectivity index (χ2n) is 10.2. The third-order valence-corrected chi connectivity index (χ3v) is 7.07. The van der Waals surface area contributed by atoms with Crippen LogP contribution in [0.4, 0.5) is 6.01 Å². The summed E-state index contributed by atoms with van der Waals surface area (Å²) in [6.45, 7) is 10.6. The highest BCUT2D eigenvalue weighted by atomic mass is 32.2. The molecular formula is C25H34N6O2S. The van der Waals surface area contributed by atoms with E-state index in [2.05, 4.69) is 75.3 Å². The summed E-state index contributed by atoms with van der Waals surface area (Å²) >= 11 is 1.39. The lowest BCUT2D eigenvalue weighted by Crippen LogP contribution is -2.17. The number of amides is 1. The highest BCUT2D eigenvalue weighted by Gasteiger charge is 2.25. The second-order valence-corrected chi connectivity index (χ2v) is 11.2. The van der Waals surface area contributed by atoms with E-state index >= 15 is 0 Å². The van der Waals surface area contributed by atoms with Gasteiger partial charge < -0.3 is 4.42 Å². The number of thioether (sulfide) groups is 1. The topological polar surface area (TPSA) is 98.7 Å². The van der Waals surface area contributed by atoms with E-state index in [0.717, 1.165) is 29.4 Å². The Morgan fingerprint density at radius 3 is 2.41 bits per heavy atom. The Bertz CT molecular complexity index is 1110. The molecule has 1 saturated carbocycles. The molecule has 1 aliphatic carbocycles. The van der Waals surface area contributed by atoms with Crippen molar-refractivity contribution >= 4 is 23.7 Å². The van der Waals surface area contributed by atoms with E-state index in [1.54, 1.807) is 0 Å². The molecule has 34 heavy (non-hydrogen) atoms. The Kier molecular flexibility index (Phi) is 7.40. The first kappa shape index (κ1) is 24.4. The van der Waals surface area contributed by atoms with Crippen LogP contribution in [0.15, 0.2) is 33.8 Å². The summed E-state index contributed by atoms with van der Waals surface area (Å²) in [7, 11) is 0. The van der Waals surface area contributed by atoms with Crippen molar-refractivity contribution in [2.24, 2.45) is 0 Å². The molecule has 2 heterocycles. The first-order valence-corrected chi connectivity index (χ1v) is 13.0. The van der Waals surface area contributed by atoms with Crippen molar-refractivity contribution < 1.29 is 9.21 Å².